The standard InChI is InChI=1S/C10H19NO/c1-2-7-11-10-6-4-3-5-9(10)8-12/h8-11H,2-7H2,1H3. The molecule has 70 valence electrons. The molecular weight excluding hydrogens is 150 g/mol. The van der Waals surface area contributed by atoms with E-state index in [-0.39, 0.29) is 5.92 Å². The summed E-state index contributed by atoms with van der Waals surface area (Å²) in [5, 5.41) is 3.44. The van der Waals surface area contributed by atoms with Crippen LogP contribution in [0.25, 0.3) is 0 Å². The Morgan fingerprint density at radius 2 is 2.17 bits per heavy atom. The van der Waals surface area contributed by atoms with E-state index in [2.05, 4.69) is 12.2 Å². The predicted molar refractivity (Wildman–Crippen MR) is 50.1 cm³/mol. The topological polar surface area (TPSA) is 29.1 Å². The molecule has 2 nitrogen and oxygen atoms in total. The van der Waals surface area contributed by atoms with Gasteiger partial charge in [-0.25, -0.2) is 0 Å². The van der Waals surface area contributed by atoms with Gasteiger partial charge < -0.3 is 10.1 Å². The van der Waals surface area contributed by atoms with Crippen molar-refractivity contribution in [2.45, 2.75) is 45.1 Å². The summed E-state index contributed by atoms with van der Waals surface area (Å²) in [7, 11) is 0. The molecule has 0 aromatic carbocycles. The number of hydrogen-bond donors (Lipinski definition) is 1. The molecule has 0 bridgehead atoms. The number of carbonyl (C=O) groups is 1. The van der Waals surface area contributed by atoms with Crippen LogP contribution < -0.4 is 5.32 Å². The Balaban J connectivity index is 2.31. The van der Waals surface area contributed by atoms with E-state index in [9.17, 15) is 4.79 Å². The van der Waals surface area contributed by atoms with Crippen LogP contribution in [0.1, 0.15) is 39.0 Å². The van der Waals surface area contributed by atoms with E-state index in [1.54, 1.807) is 0 Å². The number of hydrogen-bond acceptors (Lipinski definition) is 2. The molecule has 0 saturated heterocycles. The second kappa shape index (κ2) is 5.31. The third kappa shape index (κ3) is 2.59. The van der Waals surface area contributed by atoms with Crippen LogP contribution in [-0.4, -0.2) is 18.9 Å². The van der Waals surface area contributed by atoms with Crippen LogP contribution in [0.4, 0.5) is 0 Å². The first-order valence-corrected chi connectivity index (χ1v) is 5.07. The second-order valence-electron chi connectivity index (χ2n) is 3.65. The lowest BCUT2D eigenvalue weighted by Crippen LogP contribution is -2.39. The molecule has 0 spiro atoms. The zero-order chi connectivity index (χ0) is 8.81. The molecule has 2 atom stereocenters. The lowest BCUT2D eigenvalue weighted by atomic mass is 9.85. The van der Waals surface area contributed by atoms with Crippen molar-refractivity contribution >= 4 is 6.29 Å². The van der Waals surface area contributed by atoms with E-state index < -0.39 is 0 Å². The lowest BCUT2D eigenvalue weighted by molar-refractivity contribution is -0.112. The highest BCUT2D eigenvalue weighted by Gasteiger charge is 2.23. The first kappa shape index (κ1) is 9.72. The average molecular weight is 169 g/mol. The van der Waals surface area contributed by atoms with Crippen LogP contribution in [0.2, 0.25) is 0 Å². The summed E-state index contributed by atoms with van der Waals surface area (Å²) in [6.45, 7) is 3.21. The summed E-state index contributed by atoms with van der Waals surface area (Å²) >= 11 is 0. The third-order valence-corrected chi connectivity index (χ3v) is 2.65. The lowest BCUT2D eigenvalue weighted by Gasteiger charge is -2.28. The van der Waals surface area contributed by atoms with Gasteiger partial charge in [-0.3, -0.25) is 0 Å². The molecule has 0 radical (unpaired) electrons. The summed E-state index contributed by atoms with van der Waals surface area (Å²) in [4.78, 5) is 10.7. The smallest absolute Gasteiger partial charge is 0.124 e. The fraction of sp³-hybridized carbons (Fsp3) is 0.900. The van der Waals surface area contributed by atoms with Gasteiger partial charge in [-0.15, -0.1) is 0 Å². The van der Waals surface area contributed by atoms with Gasteiger partial charge in [-0.2, -0.15) is 0 Å². The largest absolute Gasteiger partial charge is 0.313 e. The molecular formula is C10H19NO. The molecule has 0 aliphatic heterocycles. The maximum absolute atomic E-state index is 10.7. The molecule has 12 heavy (non-hydrogen) atoms. The average Bonchev–Trinajstić information content (AvgIpc) is 2.15. The fourth-order valence-electron chi connectivity index (χ4n) is 1.91. The molecule has 1 aliphatic rings. The van der Waals surface area contributed by atoms with Crippen molar-refractivity contribution in [1.29, 1.82) is 0 Å². The third-order valence-electron chi connectivity index (χ3n) is 2.65. The number of rotatable bonds is 4. The first-order chi connectivity index (χ1) is 5.88. The fourth-order valence-corrected chi connectivity index (χ4v) is 1.91. The summed E-state index contributed by atoms with van der Waals surface area (Å²) < 4.78 is 0. The van der Waals surface area contributed by atoms with Crippen LogP contribution >= 0.6 is 0 Å². The summed E-state index contributed by atoms with van der Waals surface area (Å²) in [6.07, 6.45) is 7.07. The van der Waals surface area contributed by atoms with Crippen molar-refractivity contribution in [3.8, 4) is 0 Å². The van der Waals surface area contributed by atoms with E-state index in [4.69, 9.17) is 0 Å². The first-order valence-electron chi connectivity index (χ1n) is 5.07. The predicted octanol–water partition coefficient (Wildman–Crippen LogP) is 1.74. The van der Waals surface area contributed by atoms with E-state index in [1.807, 2.05) is 0 Å². The van der Waals surface area contributed by atoms with Crippen molar-refractivity contribution < 1.29 is 4.79 Å². The minimum Gasteiger partial charge on any atom is -0.313 e. The van der Waals surface area contributed by atoms with E-state index in [1.165, 1.54) is 19.3 Å². The van der Waals surface area contributed by atoms with Gasteiger partial charge in [0, 0.05) is 12.0 Å². The quantitative estimate of drug-likeness (QED) is 0.649. The highest BCUT2D eigenvalue weighted by Crippen LogP contribution is 2.22. The summed E-state index contributed by atoms with van der Waals surface area (Å²) in [5.41, 5.74) is 0. The minimum absolute atomic E-state index is 0.283. The minimum atomic E-state index is 0.283. The number of nitrogens with one attached hydrogen (secondary N) is 1. The van der Waals surface area contributed by atoms with Crippen LogP contribution in [0.3, 0.4) is 0 Å². The summed E-state index contributed by atoms with van der Waals surface area (Å²) in [6, 6.07) is 0.469. The van der Waals surface area contributed by atoms with Gasteiger partial charge in [0.25, 0.3) is 0 Å². The van der Waals surface area contributed by atoms with Crippen LogP contribution in [0.5, 0.6) is 0 Å². The van der Waals surface area contributed by atoms with Crippen LogP contribution in [0.15, 0.2) is 0 Å². The summed E-state index contributed by atoms with van der Waals surface area (Å²) in [5.74, 6) is 0.283. The van der Waals surface area contributed by atoms with E-state index in [0.29, 0.717) is 6.04 Å². The SMILES string of the molecule is CCCNC1CCCCC1C=O. The maximum atomic E-state index is 10.7. The molecule has 1 rings (SSSR count). The molecule has 1 aliphatic carbocycles. The van der Waals surface area contributed by atoms with Crippen molar-refractivity contribution in [3.05, 3.63) is 0 Å². The Morgan fingerprint density at radius 1 is 1.42 bits per heavy atom. The normalized spacial score (nSPS) is 30.1. The van der Waals surface area contributed by atoms with Gasteiger partial charge in [0.2, 0.25) is 0 Å². The van der Waals surface area contributed by atoms with Crippen LogP contribution in [0, 0.1) is 5.92 Å². The van der Waals surface area contributed by atoms with Crippen molar-refractivity contribution in [3.63, 3.8) is 0 Å². The highest BCUT2D eigenvalue weighted by atomic mass is 16.1. The monoisotopic (exact) mass is 169 g/mol. The number of carbonyl (C=O) groups excluding carboxylic acids is 1. The highest BCUT2D eigenvalue weighted by molar-refractivity contribution is 5.54. The van der Waals surface area contributed by atoms with Gasteiger partial charge in [0.05, 0.1) is 0 Å². The molecule has 0 aromatic heterocycles. The van der Waals surface area contributed by atoms with Gasteiger partial charge >= 0.3 is 0 Å². The zero-order valence-electron chi connectivity index (χ0n) is 7.88. The van der Waals surface area contributed by atoms with Gasteiger partial charge in [0.1, 0.15) is 6.29 Å². The molecule has 2 heteroatoms. The molecule has 0 heterocycles. The Labute approximate surface area is 74.7 Å². The Morgan fingerprint density at radius 3 is 2.83 bits per heavy atom. The molecule has 2 unspecified atom stereocenters. The Kier molecular flexibility index (Phi) is 4.30. The van der Waals surface area contributed by atoms with Crippen molar-refractivity contribution in [2.75, 3.05) is 6.54 Å². The number of aldehydes is 1. The molecule has 1 N–H and O–H groups in total. The zero-order valence-corrected chi connectivity index (χ0v) is 7.88. The molecule has 1 fully saturated rings. The van der Waals surface area contributed by atoms with E-state index >= 15 is 0 Å². The van der Waals surface area contributed by atoms with E-state index in [0.717, 1.165) is 25.7 Å². The van der Waals surface area contributed by atoms with Gasteiger partial charge in [-0.05, 0) is 25.8 Å². The van der Waals surface area contributed by atoms with Crippen molar-refractivity contribution in [2.24, 2.45) is 5.92 Å². The Bertz CT molecular complexity index is 136. The van der Waals surface area contributed by atoms with Crippen molar-refractivity contribution in [1.82, 2.24) is 5.32 Å². The van der Waals surface area contributed by atoms with Gasteiger partial charge in [0.15, 0.2) is 0 Å². The van der Waals surface area contributed by atoms with Crippen LogP contribution in [-0.2, 0) is 4.79 Å². The maximum Gasteiger partial charge on any atom is 0.124 e. The molecule has 0 aromatic rings. The Hall–Kier alpha value is -0.370. The van der Waals surface area contributed by atoms with Gasteiger partial charge in [-0.1, -0.05) is 19.8 Å². The molecule has 1 saturated carbocycles. The molecule has 0 amide bonds. The second-order valence-corrected chi connectivity index (χ2v) is 3.65.